The van der Waals surface area contributed by atoms with Crippen LogP contribution in [0.4, 0.5) is 14.5 Å². The number of hydrogen-bond acceptors (Lipinski definition) is 4. The van der Waals surface area contributed by atoms with Crippen LogP contribution in [-0.2, 0) is 11.3 Å². The third kappa shape index (κ3) is 3.97. The minimum atomic E-state index is -1.07. The highest BCUT2D eigenvalue weighted by atomic mass is 32.1. The van der Waals surface area contributed by atoms with Gasteiger partial charge in [-0.2, -0.15) is 5.10 Å². The van der Waals surface area contributed by atoms with E-state index in [9.17, 15) is 18.4 Å². The van der Waals surface area contributed by atoms with E-state index >= 15 is 0 Å². The van der Waals surface area contributed by atoms with E-state index in [2.05, 4.69) is 10.4 Å². The van der Waals surface area contributed by atoms with E-state index in [-0.39, 0.29) is 12.2 Å². The van der Waals surface area contributed by atoms with Gasteiger partial charge in [0, 0.05) is 22.7 Å². The topological polar surface area (TPSA) is 64.0 Å². The lowest BCUT2D eigenvalue weighted by Gasteiger charge is -2.08. The molecule has 2 heterocycles. The van der Waals surface area contributed by atoms with Gasteiger partial charge in [-0.1, -0.05) is 0 Å². The zero-order valence-corrected chi connectivity index (χ0v) is 13.9. The molecule has 3 rings (SSSR count). The van der Waals surface area contributed by atoms with Crippen LogP contribution in [-0.4, -0.2) is 15.7 Å². The maximum atomic E-state index is 13.2. The number of anilines is 1. The van der Waals surface area contributed by atoms with Crippen LogP contribution < -0.4 is 10.9 Å². The monoisotopic (exact) mass is 361 g/mol. The highest BCUT2D eigenvalue weighted by Crippen LogP contribution is 2.25. The number of rotatable bonds is 4. The average Bonchev–Trinajstić information content (AvgIpc) is 2.99. The fraction of sp³-hybridized carbons (Fsp3) is 0.118. The van der Waals surface area contributed by atoms with Gasteiger partial charge in [0.2, 0.25) is 5.91 Å². The molecule has 8 heteroatoms. The number of nitrogens with one attached hydrogen (secondary N) is 1. The Morgan fingerprint density at radius 3 is 2.64 bits per heavy atom. The molecule has 0 radical (unpaired) electrons. The Bertz CT molecular complexity index is 998. The summed E-state index contributed by atoms with van der Waals surface area (Å²) >= 11 is 1.52. The summed E-state index contributed by atoms with van der Waals surface area (Å²) in [4.78, 5) is 26.0. The number of aromatic nitrogens is 2. The van der Waals surface area contributed by atoms with Crippen LogP contribution >= 0.6 is 11.3 Å². The second kappa shape index (κ2) is 6.94. The van der Waals surface area contributed by atoms with Gasteiger partial charge in [-0.05, 0) is 37.3 Å². The summed E-state index contributed by atoms with van der Waals surface area (Å²) in [6.45, 7) is 1.62. The van der Waals surface area contributed by atoms with Crippen LogP contribution in [0.5, 0.6) is 0 Å². The summed E-state index contributed by atoms with van der Waals surface area (Å²) in [5.74, 6) is -2.64. The molecule has 2 aromatic heterocycles. The van der Waals surface area contributed by atoms with E-state index in [1.54, 1.807) is 6.07 Å². The molecule has 1 amide bonds. The van der Waals surface area contributed by atoms with Gasteiger partial charge in [0.25, 0.3) is 5.56 Å². The molecule has 1 aromatic carbocycles. The Labute approximate surface area is 145 Å². The van der Waals surface area contributed by atoms with Gasteiger partial charge in [-0.15, -0.1) is 11.3 Å². The molecule has 0 bridgehead atoms. The van der Waals surface area contributed by atoms with Crippen molar-refractivity contribution in [1.29, 1.82) is 0 Å². The fourth-order valence-corrected chi connectivity index (χ4v) is 3.01. The number of halogens is 2. The largest absolute Gasteiger partial charge is 0.324 e. The van der Waals surface area contributed by atoms with E-state index < -0.39 is 23.1 Å². The van der Waals surface area contributed by atoms with Crippen molar-refractivity contribution in [2.75, 3.05) is 5.32 Å². The molecule has 0 saturated carbocycles. The van der Waals surface area contributed by atoms with Crippen molar-refractivity contribution in [3.63, 3.8) is 0 Å². The molecule has 5 nitrogen and oxygen atoms in total. The van der Waals surface area contributed by atoms with Crippen LogP contribution in [0, 0.1) is 18.6 Å². The number of amides is 1. The fourth-order valence-electron chi connectivity index (χ4n) is 2.18. The summed E-state index contributed by atoms with van der Waals surface area (Å²) in [5, 5.41) is 6.60. The number of nitrogens with zero attached hydrogens (tertiary/aromatic N) is 2. The first-order chi connectivity index (χ1) is 11.9. The van der Waals surface area contributed by atoms with Gasteiger partial charge < -0.3 is 5.32 Å². The van der Waals surface area contributed by atoms with Crippen molar-refractivity contribution < 1.29 is 13.6 Å². The maximum absolute atomic E-state index is 13.2. The number of carbonyl (C=O) groups excluding carboxylic acids is 1. The van der Waals surface area contributed by atoms with Crippen molar-refractivity contribution in [2.24, 2.45) is 0 Å². The first-order valence-corrected chi connectivity index (χ1v) is 8.14. The number of hydrogen-bond donors (Lipinski definition) is 1. The molecule has 0 saturated heterocycles. The minimum Gasteiger partial charge on any atom is -0.324 e. The Kier molecular flexibility index (Phi) is 4.71. The van der Waals surface area contributed by atoms with E-state index in [4.69, 9.17) is 0 Å². The number of benzene rings is 1. The Hall–Kier alpha value is -2.87. The molecule has 0 atom stereocenters. The van der Waals surface area contributed by atoms with E-state index in [0.29, 0.717) is 5.69 Å². The second-order valence-corrected chi connectivity index (χ2v) is 6.59. The first-order valence-electron chi connectivity index (χ1n) is 7.32. The third-order valence-electron chi connectivity index (χ3n) is 3.36. The van der Waals surface area contributed by atoms with Crippen molar-refractivity contribution >= 4 is 22.9 Å². The average molecular weight is 361 g/mol. The third-order valence-corrected chi connectivity index (χ3v) is 4.38. The molecule has 1 N–H and O–H groups in total. The van der Waals surface area contributed by atoms with Gasteiger partial charge in [-0.25, -0.2) is 13.5 Å². The predicted octanol–water partition coefficient (Wildman–Crippen LogP) is 3.20. The normalized spacial score (nSPS) is 10.7. The van der Waals surface area contributed by atoms with E-state index in [1.165, 1.54) is 23.5 Å². The van der Waals surface area contributed by atoms with Crippen LogP contribution in [0.15, 0.2) is 47.3 Å². The van der Waals surface area contributed by atoms with Gasteiger partial charge in [-0.3, -0.25) is 9.59 Å². The highest BCUT2D eigenvalue weighted by Gasteiger charge is 2.10. The van der Waals surface area contributed by atoms with Gasteiger partial charge in [0.1, 0.15) is 12.2 Å². The zero-order chi connectivity index (χ0) is 18.0. The molecule has 3 aromatic rings. The van der Waals surface area contributed by atoms with Crippen molar-refractivity contribution in [3.05, 3.63) is 69.3 Å². The summed E-state index contributed by atoms with van der Waals surface area (Å²) in [7, 11) is 0. The molecule has 0 unspecified atom stereocenters. The standard InChI is InChI=1S/C17H13F2N3O2S/c1-10-2-6-15(25-10)14-5-7-17(24)22(21-14)9-16(23)20-11-3-4-12(18)13(19)8-11/h2-8H,9H2,1H3,(H,20,23). The molecular formula is C17H13F2N3O2S. The number of aryl methyl sites for hydroxylation is 1. The Balaban J connectivity index is 1.78. The summed E-state index contributed by atoms with van der Waals surface area (Å²) in [6.07, 6.45) is 0. The summed E-state index contributed by atoms with van der Waals surface area (Å²) < 4.78 is 27.1. The highest BCUT2D eigenvalue weighted by molar-refractivity contribution is 7.15. The quantitative estimate of drug-likeness (QED) is 0.776. The van der Waals surface area contributed by atoms with Crippen molar-refractivity contribution in [2.45, 2.75) is 13.5 Å². The van der Waals surface area contributed by atoms with Crippen LogP contribution in [0.2, 0.25) is 0 Å². The molecular weight excluding hydrogens is 348 g/mol. The summed E-state index contributed by atoms with van der Waals surface area (Å²) in [5.41, 5.74) is 0.248. The maximum Gasteiger partial charge on any atom is 0.267 e. The minimum absolute atomic E-state index is 0.0991. The zero-order valence-electron chi connectivity index (χ0n) is 13.1. The number of carbonyl (C=O) groups is 1. The van der Waals surface area contributed by atoms with Gasteiger partial charge in [0.15, 0.2) is 11.6 Å². The number of thiophene rings is 1. The molecule has 0 aliphatic heterocycles. The Morgan fingerprint density at radius 2 is 1.96 bits per heavy atom. The SMILES string of the molecule is Cc1ccc(-c2ccc(=O)n(CC(=O)Nc3ccc(F)c(F)c3)n2)s1. The lowest BCUT2D eigenvalue weighted by Crippen LogP contribution is -2.29. The second-order valence-electron chi connectivity index (χ2n) is 5.30. The van der Waals surface area contributed by atoms with E-state index in [0.717, 1.165) is 26.6 Å². The molecule has 0 spiro atoms. The molecule has 0 fully saturated rings. The first kappa shape index (κ1) is 17.0. The van der Waals surface area contributed by atoms with Crippen LogP contribution in [0.25, 0.3) is 10.6 Å². The van der Waals surface area contributed by atoms with Crippen molar-refractivity contribution in [3.8, 4) is 10.6 Å². The predicted molar refractivity (Wildman–Crippen MR) is 91.5 cm³/mol. The van der Waals surface area contributed by atoms with Gasteiger partial charge >= 0.3 is 0 Å². The molecule has 128 valence electrons. The molecule has 0 aliphatic carbocycles. The van der Waals surface area contributed by atoms with Crippen LogP contribution in [0.1, 0.15) is 4.88 Å². The lowest BCUT2D eigenvalue weighted by atomic mass is 10.3. The lowest BCUT2D eigenvalue weighted by molar-refractivity contribution is -0.117. The summed E-state index contributed by atoms with van der Waals surface area (Å²) in [6, 6.07) is 9.77. The molecule has 0 aliphatic rings. The van der Waals surface area contributed by atoms with Crippen molar-refractivity contribution in [1.82, 2.24) is 9.78 Å². The molecule has 25 heavy (non-hydrogen) atoms. The van der Waals surface area contributed by atoms with Gasteiger partial charge in [0.05, 0.1) is 4.88 Å². The Morgan fingerprint density at radius 1 is 1.16 bits per heavy atom. The van der Waals surface area contributed by atoms with E-state index in [1.807, 2.05) is 19.1 Å². The van der Waals surface area contributed by atoms with Crippen LogP contribution in [0.3, 0.4) is 0 Å². The smallest absolute Gasteiger partial charge is 0.267 e.